The predicted molar refractivity (Wildman–Crippen MR) is 231 cm³/mol. The quantitative estimate of drug-likeness (QED) is 0.176. The van der Waals surface area contributed by atoms with Gasteiger partial charge >= 0.3 is 0 Å². The fraction of sp³-hybridized carbons (Fsp3) is 0.0400. The van der Waals surface area contributed by atoms with E-state index in [1.54, 1.807) is 0 Å². The molecule has 4 aromatic heterocycles. The van der Waals surface area contributed by atoms with Gasteiger partial charge in [-0.3, -0.25) is 4.57 Å². The maximum atomic E-state index is 6.69. The summed E-state index contributed by atoms with van der Waals surface area (Å²) in [6.07, 6.45) is 8.50. The highest BCUT2D eigenvalue weighted by Crippen LogP contribution is 2.43. The number of para-hydroxylation sites is 3. The van der Waals surface area contributed by atoms with Crippen molar-refractivity contribution in [1.82, 2.24) is 29.1 Å². The van der Waals surface area contributed by atoms with Gasteiger partial charge in [0.15, 0.2) is 17.2 Å². The molecule has 0 N–H and O–H groups in total. The number of benzene rings is 7. The van der Waals surface area contributed by atoms with E-state index in [4.69, 9.17) is 24.4 Å². The summed E-state index contributed by atoms with van der Waals surface area (Å²) < 4.78 is 11.3. The molecule has 7 heteroatoms. The van der Waals surface area contributed by atoms with Crippen molar-refractivity contribution in [3.63, 3.8) is 0 Å². The van der Waals surface area contributed by atoms with Gasteiger partial charge in [0.2, 0.25) is 11.8 Å². The van der Waals surface area contributed by atoms with E-state index in [9.17, 15) is 0 Å². The summed E-state index contributed by atoms with van der Waals surface area (Å²) in [4.78, 5) is 20.9. The van der Waals surface area contributed by atoms with Gasteiger partial charge in [-0.15, -0.1) is 0 Å². The van der Waals surface area contributed by atoms with Gasteiger partial charge in [0, 0.05) is 38.2 Å². The highest BCUT2D eigenvalue weighted by Gasteiger charge is 2.25. The van der Waals surface area contributed by atoms with E-state index >= 15 is 0 Å². The molecule has 0 fully saturated rings. The van der Waals surface area contributed by atoms with Gasteiger partial charge in [0.05, 0.1) is 27.8 Å². The molecule has 7 aromatic carbocycles. The third kappa shape index (κ3) is 4.85. The minimum absolute atomic E-state index is 0.558. The van der Waals surface area contributed by atoms with Crippen molar-refractivity contribution in [3.05, 3.63) is 176 Å². The number of rotatable bonds is 5. The standard InChI is InChI=1S/C50H32N6O/c1-3-16-32(17-4-1)47-52-48(39-24-13-20-31-15-7-8-21-34(31)39)54-50(53-47)56-42-27-12-10-23-36(42)38-30-29-37-35-22-9-11-26-41(35)55(44(37)45(38)56)43-28-14-25-40-46(43)57-49(51-40)33-18-5-2-6-19-33/h2-3,5-30H,1,4H2. The molecule has 12 rings (SSSR count). The summed E-state index contributed by atoms with van der Waals surface area (Å²) in [5.74, 6) is 2.42. The highest BCUT2D eigenvalue weighted by molar-refractivity contribution is 6.24. The molecule has 0 saturated heterocycles. The Labute approximate surface area is 326 Å². The zero-order valence-corrected chi connectivity index (χ0v) is 30.7. The molecule has 0 bridgehead atoms. The van der Waals surface area contributed by atoms with Crippen LogP contribution in [0.1, 0.15) is 18.7 Å². The molecule has 1 aliphatic rings. The zero-order chi connectivity index (χ0) is 37.5. The zero-order valence-electron chi connectivity index (χ0n) is 30.7. The molecule has 0 saturated carbocycles. The summed E-state index contributed by atoms with van der Waals surface area (Å²) >= 11 is 0. The molecule has 0 unspecified atom stereocenters. The molecule has 1 aliphatic carbocycles. The number of nitrogens with zero attached hydrogens (tertiary/aromatic N) is 6. The lowest BCUT2D eigenvalue weighted by atomic mass is 10.0. The van der Waals surface area contributed by atoms with Crippen molar-refractivity contribution in [1.29, 1.82) is 0 Å². The van der Waals surface area contributed by atoms with E-state index in [0.717, 1.165) is 101 Å². The van der Waals surface area contributed by atoms with Crippen LogP contribution in [0.3, 0.4) is 0 Å². The Morgan fingerprint density at radius 2 is 1.16 bits per heavy atom. The van der Waals surface area contributed by atoms with Crippen molar-refractivity contribution in [2.45, 2.75) is 12.8 Å². The average Bonchev–Trinajstić information content (AvgIpc) is 3.97. The van der Waals surface area contributed by atoms with Crippen LogP contribution in [0, 0.1) is 0 Å². The molecular formula is C50H32N6O. The second kappa shape index (κ2) is 12.4. The van der Waals surface area contributed by atoms with Crippen LogP contribution in [-0.4, -0.2) is 29.1 Å². The monoisotopic (exact) mass is 732 g/mol. The SMILES string of the molecule is C1=CC(c2nc(-c3cccc4ccccc34)nc(-n3c4ccccc4c4ccc5c6ccccc6n(-c6cccc7nc(-c8ccccc8)oc67)c5c43)n2)=CCC1. The lowest BCUT2D eigenvalue weighted by Gasteiger charge is -2.14. The molecule has 11 aromatic rings. The Morgan fingerprint density at radius 3 is 1.95 bits per heavy atom. The number of fused-ring (bicyclic) bond motifs is 9. The highest BCUT2D eigenvalue weighted by atomic mass is 16.3. The van der Waals surface area contributed by atoms with Gasteiger partial charge in [-0.25, -0.2) is 9.97 Å². The molecule has 268 valence electrons. The second-order valence-electron chi connectivity index (χ2n) is 14.5. The van der Waals surface area contributed by atoms with Gasteiger partial charge in [-0.1, -0.05) is 133 Å². The molecule has 0 spiro atoms. The van der Waals surface area contributed by atoms with Gasteiger partial charge in [-0.05, 0) is 60.0 Å². The molecular weight excluding hydrogens is 701 g/mol. The van der Waals surface area contributed by atoms with Crippen LogP contribution in [0.5, 0.6) is 0 Å². The summed E-state index contributed by atoms with van der Waals surface area (Å²) in [6.45, 7) is 0. The van der Waals surface area contributed by atoms with Crippen LogP contribution < -0.4 is 0 Å². The van der Waals surface area contributed by atoms with E-state index < -0.39 is 0 Å². The van der Waals surface area contributed by atoms with E-state index in [0.29, 0.717) is 23.5 Å². The lowest BCUT2D eigenvalue weighted by molar-refractivity contribution is 0.618. The Kier molecular flexibility index (Phi) is 6.92. The second-order valence-corrected chi connectivity index (χ2v) is 14.5. The van der Waals surface area contributed by atoms with E-state index in [1.165, 1.54) is 0 Å². The molecule has 0 atom stereocenters. The number of hydrogen-bond acceptors (Lipinski definition) is 5. The summed E-state index contributed by atoms with van der Waals surface area (Å²) in [7, 11) is 0. The van der Waals surface area contributed by atoms with Crippen molar-refractivity contribution in [2.24, 2.45) is 0 Å². The van der Waals surface area contributed by atoms with Gasteiger partial charge in [0.25, 0.3) is 0 Å². The first kappa shape index (κ1) is 31.7. The van der Waals surface area contributed by atoms with Crippen molar-refractivity contribution >= 4 is 71.1 Å². The molecule has 0 aliphatic heterocycles. The number of oxazole rings is 1. The minimum Gasteiger partial charge on any atom is -0.434 e. The Morgan fingerprint density at radius 1 is 0.491 bits per heavy atom. The maximum Gasteiger partial charge on any atom is 0.238 e. The predicted octanol–water partition coefficient (Wildman–Crippen LogP) is 12.4. The lowest BCUT2D eigenvalue weighted by Crippen LogP contribution is -2.09. The van der Waals surface area contributed by atoms with Crippen LogP contribution >= 0.6 is 0 Å². The van der Waals surface area contributed by atoms with Crippen molar-refractivity contribution in [2.75, 3.05) is 0 Å². The first-order valence-corrected chi connectivity index (χ1v) is 19.3. The summed E-state index contributed by atoms with van der Waals surface area (Å²) in [5, 5.41) is 6.69. The van der Waals surface area contributed by atoms with Crippen LogP contribution in [0.4, 0.5) is 0 Å². The number of hydrogen-bond donors (Lipinski definition) is 0. The van der Waals surface area contributed by atoms with E-state index in [2.05, 4.69) is 143 Å². The Balaban J connectivity index is 1.22. The maximum absolute atomic E-state index is 6.69. The first-order chi connectivity index (χ1) is 28.3. The van der Waals surface area contributed by atoms with Gasteiger partial charge in [-0.2, -0.15) is 9.97 Å². The van der Waals surface area contributed by atoms with E-state index in [-0.39, 0.29) is 0 Å². The molecule has 0 radical (unpaired) electrons. The molecule has 7 nitrogen and oxygen atoms in total. The normalized spacial score (nSPS) is 13.2. The van der Waals surface area contributed by atoms with Crippen LogP contribution in [0.15, 0.2) is 174 Å². The van der Waals surface area contributed by atoms with Gasteiger partial charge < -0.3 is 8.98 Å². The fourth-order valence-corrected chi connectivity index (χ4v) is 8.69. The minimum atomic E-state index is 0.558. The van der Waals surface area contributed by atoms with Gasteiger partial charge in [0.1, 0.15) is 5.52 Å². The molecule has 57 heavy (non-hydrogen) atoms. The molecule has 0 amide bonds. The Hall–Kier alpha value is -7.64. The van der Waals surface area contributed by atoms with Crippen LogP contribution in [-0.2, 0) is 0 Å². The third-order valence-electron chi connectivity index (χ3n) is 11.2. The van der Waals surface area contributed by atoms with Crippen LogP contribution in [0.25, 0.3) is 106 Å². The van der Waals surface area contributed by atoms with E-state index in [1.807, 2.05) is 36.4 Å². The fourth-order valence-electron chi connectivity index (χ4n) is 8.69. The topological polar surface area (TPSA) is 74.6 Å². The van der Waals surface area contributed by atoms with Crippen molar-refractivity contribution < 1.29 is 4.42 Å². The smallest absolute Gasteiger partial charge is 0.238 e. The number of allylic oxidation sites excluding steroid dienone is 4. The summed E-state index contributed by atoms with van der Waals surface area (Å²) in [6, 6.07) is 52.6. The first-order valence-electron chi connectivity index (χ1n) is 19.3. The molecule has 4 heterocycles. The van der Waals surface area contributed by atoms with Crippen molar-refractivity contribution in [3.8, 4) is 34.5 Å². The summed E-state index contributed by atoms with van der Waals surface area (Å²) in [5.41, 5.74) is 9.41. The largest absolute Gasteiger partial charge is 0.434 e. The number of aromatic nitrogens is 6. The Bertz CT molecular complexity index is 3470. The van der Waals surface area contributed by atoms with Crippen LogP contribution in [0.2, 0.25) is 0 Å². The average molecular weight is 733 g/mol. The third-order valence-corrected chi connectivity index (χ3v) is 11.2.